The van der Waals surface area contributed by atoms with Crippen LogP contribution in [0.25, 0.3) is 0 Å². The van der Waals surface area contributed by atoms with E-state index in [0.29, 0.717) is 45.3 Å². The van der Waals surface area contributed by atoms with E-state index in [1.165, 1.54) is 0 Å². The Bertz CT molecular complexity index is 793. The predicted octanol–water partition coefficient (Wildman–Crippen LogP) is -3.78. The molecule has 2 heterocycles. The van der Waals surface area contributed by atoms with Crippen molar-refractivity contribution >= 4 is 11.7 Å². The first-order valence-electron chi connectivity index (χ1n) is 14.8. The molecule has 10 atom stereocenters. The molecule has 2 aliphatic rings. The molecule has 2 fully saturated rings. The summed E-state index contributed by atoms with van der Waals surface area (Å²) in [7, 11) is 1.66. The normalized spacial score (nSPS) is 33.6. The van der Waals surface area contributed by atoms with Crippen molar-refractivity contribution in [3.8, 4) is 0 Å². The van der Waals surface area contributed by atoms with Gasteiger partial charge in [0.15, 0.2) is 12.1 Å². The molecule has 15 heteroatoms. The van der Waals surface area contributed by atoms with E-state index in [0.717, 1.165) is 12.8 Å². The zero-order valence-electron chi connectivity index (χ0n) is 24.6. The van der Waals surface area contributed by atoms with Gasteiger partial charge in [0.1, 0.15) is 42.7 Å². The van der Waals surface area contributed by atoms with Gasteiger partial charge in [-0.25, -0.2) is 0 Å². The third-order valence-corrected chi connectivity index (χ3v) is 7.69. The number of nitrogens with one attached hydrogen (secondary N) is 2. The zero-order chi connectivity index (χ0) is 31.2. The number of unbranched alkanes of at least 4 members (excludes halogenated alkanes) is 2. The van der Waals surface area contributed by atoms with Crippen LogP contribution in [-0.2, 0) is 23.8 Å². The van der Waals surface area contributed by atoms with Gasteiger partial charge >= 0.3 is 0 Å². The molecule has 0 unspecified atom stereocenters. The second kappa shape index (κ2) is 19.1. The van der Waals surface area contributed by atoms with Crippen molar-refractivity contribution in [1.82, 2.24) is 15.5 Å². The molecule has 0 radical (unpaired) electrons. The Morgan fingerprint density at radius 2 is 1.45 bits per heavy atom. The molecule has 246 valence electrons. The number of hydrogen-bond donors (Lipinski definition) is 9. The molecule has 0 bridgehead atoms. The summed E-state index contributed by atoms with van der Waals surface area (Å²) < 4.78 is 16.7. The molecule has 0 spiro atoms. The molecule has 1 amide bonds. The number of nitrogens with zero attached hydrogens (tertiary/aromatic N) is 1. The fraction of sp³-hybridized carbons (Fsp3) is 0.926. The van der Waals surface area contributed by atoms with Gasteiger partial charge in [0.2, 0.25) is 5.91 Å². The maximum Gasteiger partial charge on any atom is 0.220 e. The van der Waals surface area contributed by atoms with E-state index in [1.54, 1.807) is 14.0 Å². The molecule has 9 N–H and O–H groups in total. The average molecular weight is 610 g/mol. The number of rotatable bonds is 19. The van der Waals surface area contributed by atoms with Gasteiger partial charge in [0.25, 0.3) is 0 Å². The van der Waals surface area contributed by atoms with E-state index in [4.69, 9.17) is 14.2 Å². The summed E-state index contributed by atoms with van der Waals surface area (Å²) in [4.78, 5) is 25.6. The maximum atomic E-state index is 12.0. The largest absolute Gasteiger partial charge is 0.394 e. The van der Waals surface area contributed by atoms with Crippen LogP contribution in [0.15, 0.2) is 0 Å². The average Bonchev–Trinajstić information content (AvgIpc) is 2.97. The molecule has 2 rings (SSSR count). The monoisotopic (exact) mass is 609 g/mol. The van der Waals surface area contributed by atoms with E-state index in [2.05, 4.69) is 15.5 Å². The summed E-state index contributed by atoms with van der Waals surface area (Å²) in [5.74, 6) is -0.282. The van der Waals surface area contributed by atoms with E-state index >= 15 is 0 Å². The lowest BCUT2D eigenvalue weighted by Gasteiger charge is -2.40. The molecule has 2 aliphatic heterocycles. The lowest BCUT2D eigenvalue weighted by Crippen LogP contribution is -2.59. The first-order chi connectivity index (χ1) is 20.0. The molecule has 15 nitrogen and oxygen atoms in total. The minimum absolute atomic E-state index is 0.00390. The minimum atomic E-state index is -1.53. The summed E-state index contributed by atoms with van der Waals surface area (Å²) in [6.45, 7) is 3.01. The number of ether oxygens (including phenoxy) is 3. The molecule has 42 heavy (non-hydrogen) atoms. The van der Waals surface area contributed by atoms with Crippen LogP contribution >= 0.6 is 0 Å². The maximum absolute atomic E-state index is 12.0. The first-order valence-corrected chi connectivity index (χ1v) is 14.8. The van der Waals surface area contributed by atoms with Crippen LogP contribution < -0.4 is 10.6 Å². The van der Waals surface area contributed by atoms with Gasteiger partial charge in [-0.1, -0.05) is 6.42 Å². The zero-order valence-corrected chi connectivity index (χ0v) is 24.6. The number of hydrogen-bond acceptors (Lipinski definition) is 14. The van der Waals surface area contributed by atoms with Crippen molar-refractivity contribution in [2.24, 2.45) is 0 Å². The lowest BCUT2D eigenvalue weighted by molar-refractivity contribution is -0.301. The molecule has 0 aromatic heterocycles. The summed E-state index contributed by atoms with van der Waals surface area (Å²) in [6, 6.07) is 0. The van der Waals surface area contributed by atoms with Crippen LogP contribution in [0.5, 0.6) is 0 Å². The molecular weight excluding hydrogens is 558 g/mol. The minimum Gasteiger partial charge on any atom is -0.394 e. The quantitative estimate of drug-likeness (QED) is 0.0640. The SMILES string of the molecule is CNCC(=O)CNC(=O)CCCCCN(CCC[C@@H]1O[C@@H](C)[C@@H](O)[C@@H](O)[C@@H]1O)CCO[C@H]1O[C@H](CO)[C@@H](O)[C@H](O)[C@H]1O. The van der Waals surface area contributed by atoms with Crippen LogP contribution in [0.2, 0.25) is 0 Å². The Labute approximate surface area is 246 Å². The number of likely N-dealkylation sites (N-methyl/N-ethyl adjacent to an activating group) is 1. The summed E-state index contributed by atoms with van der Waals surface area (Å²) in [5.41, 5.74) is 0. The Hall–Kier alpha value is -1.34. The van der Waals surface area contributed by atoms with Crippen LogP contribution in [0.3, 0.4) is 0 Å². The number of Topliss-reactive ketones (excluding diaryl/α,β-unsaturated/α-hetero) is 1. The van der Waals surface area contributed by atoms with Gasteiger partial charge in [-0.2, -0.15) is 0 Å². The fourth-order valence-electron chi connectivity index (χ4n) is 5.07. The highest BCUT2D eigenvalue weighted by Gasteiger charge is 2.44. The lowest BCUT2D eigenvalue weighted by atomic mass is 9.93. The van der Waals surface area contributed by atoms with Crippen molar-refractivity contribution < 1.29 is 59.5 Å². The third-order valence-electron chi connectivity index (χ3n) is 7.69. The summed E-state index contributed by atoms with van der Waals surface area (Å²) in [6.07, 6.45) is -8.23. The molecule has 0 saturated carbocycles. The van der Waals surface area contributed by atoms with Crippen LogP contribution in [0.1, 0.15) is 45.4 Å². The number of amides is 1. The van der Waals surface area contributed by atoms with E-state index in [1.807, 2.05) is 0 Å². The summed E-state index contributed by atoms with van der Waals surface area (Å²) in [5, 5.41) is 75.2. The number of aliphatic hydroxyl groups excluding tert-OH is 7. The van der Waals surface area contributed by atoms with Gasteiger partial charge < -0.3 is 65.5 Å². The van der Waals surface area contributed by atoms with Gasteiger partial charge in [-0.15, -0.1) is 0 Å². The van der Waals surface area contributed by atoms with Gasteiger partial charge in [0, 0.05) is 13.0 Å². The highest BCUT2D eigenvalue weighted by Crippen LogP contribution is 2.24. The van der Waals surface area contributed by atoms with Crippen molar-refractivity contribution in [3.63, 3.8) is 0 Å². The molecule has 0 aromatic carbocycles. The summed E-state index contributed by atoms with van der Waals surface area (Å²) >= 11 is 0. The topological polar surface area (TPSA) is 231 Å². The van der Waals surface area contributed by atoms with Gasteiger partial charge in [0.05, 0.1) is 38.5 Å². The Morgan fingerprint density at radius 1 is 0.786 bits per heavy atom. The second-order valence-electron chi connectivity index (χ2n) is 11.1. The number of ketones is 1. The van der Waals surface area contributed by atoms with Crippen LogP contribution in [0.4, 0.5) is 0 Å². The highest BCUT2D eigenvalue weighted by atomic mass is 16.7. The third kappa shape index (κ3) is 11.6. The second-order valence-corrected chi connectivity index (χ2v) is 11.1. The number of carbonyl (C=O) groups excluding carboxylic acids is 2. The van der Waals surface area contributed by atoms with Gasteiger partial charge in [-0.3, -0.25) is 9.59 Å². The molecule has 2 saturated heterocycles. The molecule has 0 aliphatic carbocycles. The van der Waals surface area contributed by atoms with E-state index < -0.39 is 67.8 Å². The Kier molecular flexibility index (Phi) is 16.8. The Morgan fingerprint density at radius 3 is 2.14 bits per heavy atom. The molecule has 0 aromatic rings. The number of aliphatic hydroxyl groups is 7. The Balaban J connectivity index is 1.82. The van der Waals surface area contributed by atoms with Crippen molar-refractivity contribution in [3.05, 3.63) is 0 Å². The first kappa shape index (κ1) is 36.8. The number of carbonyl (C=O) groups is 2. The highest BCUT2D eigenvalue weighted by molar-refractivity contribution is 5.87. The molecular formula is C27H51N3O12. The van der Waals surface area contributed by atoms with E-state index in [9.17, 15) is 45.3 Å². The van der Waals surface area contributed by atoms with Crippen molar-refractivity contribution in [2.75, 3.05) is 53.0 Å². The fourth-order valence-corrected chi connectivity index (χ4v) is 5.07. The smallest absolute Gasteiger partial charge is 0.220 e. The van der Waals surface area contributed by atoms with Crippen molar-refractivity contribution in [1.29, 1.82) is 0 Å². The van der Waals surface area contributed by atoms with E-state index in [-0.39, 0.29) is 31.4 Å². The van der Waals surface area contributed by atoms with Gasteiger partial charge in [-0.05, 0) is 52.7 Å². The van der Waals surface area contributed by atoms with Crippen LogP contribution in [0, 0.1) is 0 Å². The van der Waals surface area contributed by atoms with Crippen LogP contribution in [-0.4, -0.2) is 167 Å². The standard InChI is InChI=1S/C27H51N3O12/c1-16-21(34)24(37)22(35)18(41-16)7-6-10-30(9-5-3-4-8-20(33)29-14-17(32)13-28-2)11-12-40-27-26(39)25(38)23(36)19(15-31)42-27/h16,18-19,21-28,31,34-39H,3-15H2,1-2H3,(H,29,33)/t16-,18-,19+,21+,22+,23+,24+,25-,26+,27-/m0/s1. The van der Waals surface area contributed by atoms with Crippen molar-refractivity contribution in [2.45, 2.75) is 107 Å². The predicted molar refractivity (Wildman–Crippen MR) is 148 cm³/mol.